The number of piperidine rings is 1. The number of rotatable bonds is 5. The summed E-state index contributed by atoms with van der Waals surface area (Å²) in [6.07, 6.45) is 5.22. The third-order valence-electron chi connectivity index (χ3n) is 5.09. The van der Waals surface area contributed by atoms with Crippen LogP contribution in [-0.2, 0) is 31.1 Å². The van der Waals surface area contributed by atoms with E-state index in [0.29, 0.717) is 6.42 Å². The normalized spacial score (nSPS) is 17.9. The van der Waals surface area contributed by atoms with Crippen molar-refractivity contribution in [2.75, 3.05) is 6.54 Å². The second kappa shape index (κ2) is 7.37. The van der Waals surface area contributed by atoms with E-state index in [1.807, 2.05) is 23.6 Å². The summed E-state index contributed by atoms with van der Waals surface area (Å²) >= 11 is 0. The lowest BCUT2D eigenvalue weighted by molar-refractivity contribution is -0.134. The Hall–Kier alpha value is -2.18. The van der Waals surface area contributed by atoms with Gasteiger partial charge in [-0.1, -0.05) is 13.8 Å². The molecule has 7 nitrogen and oxygen atoms in total. The van der Waals surface area contributed by atoms with Crippen LogP contribution in [0.3, 0.4) is 0 Å². The van der Waals surface area contributed by atoms with Crippen LogP contribution in [-0.4, -0.2) is 42.3 Å². The fraction of sp³-hybridized carbons (Fsp3) is 0.667. The summed E-state index contributed by atoms with van der Waals surface area (Å²) in [6.45, 7) is 6.88. The smallest absolute Gasteiger partial charge is 0.227 e. The fourth-order valence-electron chi connectivity index (χ4n) is 3.85. The van der Waals surface area contributed by atoms with Crippen LogP contribution in [0.1, 0.15) is 67.8 Å². The van der Waals surface area contributed by atoms with Gasteiger partial charge in [-0.05, 0) is 39.0 Å². The van der Waals surface area contributed by atoms with Crippen molar-refractivity contribution in [3.63, 3.8) is 0 Å². The summed E-state index contributed by atoms with van der Waals surface area (Å²) in [5, 5.41) is 11.8. The van der Waals surface area contributed by atoms with E-state index < -0.39 is 0 Å². The third kappa shape index (κ3) is 3.45. The van der Waals surface area contributed by atoms with Crippen molar-refractivity contribution in [1.82, 2.24) is 29.9 Å². The zero-order chi connectivity index (χ0) is 18.0. The number of likely N-dealkylation sites (tertiary alicyclic amines) is 1. The first kappa shape index (κ1) is 17.6. The Morgan fingerprint density at radius 1 is 1.28 bits per heavy atom. The number of nitrogens with one attached hydrogen (secondary N) is 1. The number of carbonyl (C=O) groups excluding carboxylic acids is 1. The molecule has 1 amide bonds. The van der Waals surface area contributed by atoms with Crippen molar-refractivity contribution in [2.24, 2.45) is 7.05 Å². The van der Waals surface area contributed by atoms with E-state index in [0.717, 1.165) is 67.2 Å². The van der Waals surface area contributed by atoms with Gasteiger partial charge < -0.3 is 4.90 Å². The molecule has 0 aromatic carbocycles. The summed E-state index contributed by atoms with van der Waals surface area (Å²) < 4.78 is 1.92. The molecule has 25 heavy (non-hydrogen) atoms. The molecule has 1 fully saturated rings. The molecular weight excluding hydrogens is 316 g/mol. The van der Waals surface area contributed by atoms with Gasteiger partial charge in [-0.15, -0.1) is 0 Å². The van der Waals surface area contributed by atoms with Crippen molar-refractivity contribution < 1.29 is 4.79 Å². The fourth-order valence-corrected chi connectivity index (χ4v) is 3.85. The maximum Gasteiger partial charge on any atom is 0.227 e. The van der Waals surface area contributed by atoms with Gasteiger partial charge in [0.05, 0.1) is 18.2 Å². The molecule has 1 atom stereocenters. The Bertz CT molecular complexity index is 747. The number of aromatic amines is 1. The predicted octanol–water partition coefficient (Wildman–Crippen LogP) is 2.27. The highest BCUT2D eigenvalue weighted by Gasteiger charge is 2.31. The van der Waals surface area contributed by atoms with Crippen molar-refractivity contribution in [2.45, 2.75) is 65.3 Å². The van der Waals surface area contributed by atoms with Gasteiger partial charge in [0.1, 0.15) is 5.82 Å². The zero-order valence-electron chi connectivity index (χ0n) is 15.7. The van der Waals surface area contributed by atoms with E-state index in [1.165, 1.54) is 0 Å². The van der Waals surface area contributed by atoms with Gasteiger partial charge in [-0.2, -0.15) is 10.2 Å². The third-order valence-corrected chi connectivity index (χ3v) is 5.09. The van der Waals surface area contributed by atoms with Crippen LogP contribution in [0.2, 0.25) is 0 Å². The van der Waals surface area contributed by atoms with E-state index in [2.05, 4.69) is 34.1 Å². The molecule has 3 rings (SSSR count). The number of H-pyrrole nitrogens is 1. The van der Waals surface area contributed by atoms with E-state index in [4.69, 9.17) is 0 Å². The summed E-state index contributed by atoms with van der Waals surface area (Å²) in [5.41, 5.74) is 3.30. The number of hydrogen-bond acceptors (Lipinski definition) is 4. The highest BCUT2D eigenvalue weighted by atomic mass is 16.2. The number of nitrogens with zero attached hydrogens (tertiary/aromatic N) is 5. The lowest BCUT2D eigenvalue weighted by Gasteiger charge is -2.34. The Morgan fingerprint density at radius 3 is 2.72 bits per heavy atom. The Morgan fingerprint density at radius 2 is 2.08 bits per heavy atom. The summed E-state index contributed by atoms with van der Waals surface area (Å²) in [7, 11) is 1.96. The van der Waals surface area contributed by atoms with Gasteiger partial charge in [0, 0.05) is 24.8 Å². The molecule has 0 spiro atoms. The molecule has 2 aromatic rings. The Labute approximate surface area is 148 Å². The zero-order valence-corrected chi connectivity index (χ0v) is 15.7. The first-order valence-corrected chi connectivity index (χ1v) is 9.27. The first-order valence-electron chi connectivity index (χ1n) is 9.27. The monoisotopic (exact) mass is 344 g/mol. The average molecular weight is 344 g/mol. The quantitative estimate of drug-likeness (QED) is 0.902. The Kier molecular flexibility index (Phi) is 5.20. The molecule has 136 valence electrons. The number of hydrogen-bond donors (Lipinski definition) is 1. The minimum absolute atomic E-state index is 0.0157. The maximum atomic E-state index is 13.1. The van der Waals surface area contributed by atoms with Gasteiger partial charge in [-0.25, -0.2) is 4.98 Å². The molecule has 1 saturated heterocycles. The molecule has 3 heterocycles. The maximum absolute atomic E-state index is 13.1. The SMILES string of the molecule is CCc1nn(C)c(CC)c1CC(=O)N1CCCCC1c1n[nH]c(C)n1. The topological polar surface area (TPSA) is 79.7 Å². The number of carbonyl (C=O) groups is 1. The molecule has 1 aliphatic rings. The second-order valence-electron chi connectivity index (χ2n) is 6.76. The standard InChI is InChI=1S/C18H28N6O/c1-5-14-13(15(6-2)23(4)22-14)11-17(25)24-10-8-7-9-16(24)18-19-12(3)20-21-18/h16H,5-11H2,1-4H3,(H,19,20,21). The molecule has 0 radical (unpaired) electrons. The molecule has 0 bridgehead atoms. The molecule has 1 aliphatic heterocycles. The number of amides is 1. The van der Waals surface area contributed by atoms with Crippen LogP contribution in [0, 0.1) is 6.92 Å². The van der Waals surface area contributed by atoms with Crippen molar-refractivity contribution in [3.05, 3.63) is 28.6 Å². The average Bonchev–Trinajstić information content (AvgIpc) is 3.17. The van der Waals surface area contributed by atoms with Crippen LogP contribution in [0.5, 0.6) is 0 Å². The second-order valence-corrected chi connectivity index (χ2v) is 6.76. The molecule has 2 aromatic heterocycles. The van der Waals surface area contributed by atoms with E-state index in [1.54, 1.807) is 0 Å². The molecule has 0 saturated carbocycles. The van der Waals surface area contributed by atoms with E-state index in [-0.39, 0.29) is 11.9 Å². The van der Waals surface area contributed by atoms with Crippen LogP contribution in [0.15, 0.2) is 0 Å². The number of aromatic nitrogens is 5. The van der Waals surface area contributed by atoms with Crippen molar-refractivity contribution in [1.29, 1.82) is 0 Å². The van der Waals surface area contributed by atoms with Crippen LogP contribution in [0.4, 0.5) is 0 Å². The Balaban J connectivity index is 1.84. The molecule has 7 heteroatoms. The lowest BCUT2D eigenvalue weighted by atomic mass is 9.99. The molecule has 1 N–H and O–H groups in total. The highest BCUT2D eigenvalue weighted by molar-refractivity contribution is 5.80. The highest BCUT2D eigenvalue weighted by Crippen LogP contribution is 2.30. The van der Waals surface area contributed by atoms with Gasteiger partial charge in [0.2, 0.25) is 5.91 Å². The van der Waals surface area contributed by atoms with Crippen LogP contribution in [0.25, 0.3) is 0 Å². The molecule has 0 aliphatic carbocycles. The minimum atomic E-state index is -0.0157. The van der Waals surface area contributed by atoms with Gasteiger partial charge >= 0.3 is 0 Å². The summed E-state index contributed by atoms with van der Waals surface area (Å²) in [4.78, 5) is 19.6. The molecular formula is C18H28N6O. The van der Waals surface area contributed by atoms with E-state index >= 15 is 0 Å². The predicted molar refractivity (Wildman–Crippen MR) is 95.1 cm³/mol. The lowest BCUT2D eigenvalue weighted by Crippen LogP contribution is -2.40. The van der Waals surface area contributed by atoms with Crippen molar-refractivity contribution in [3.8, 4) is 0 Å². The minimum Gasteiger partial charge on any atom is -0.332 e. The van der Waals surface area contributed by atoms with E-state index in [9.17, 15) is 4.79 Å². The number of aryl methyl sites for hydroxylation is 3. The largest absolute Gasteiger partial charge is 0.332 e. The first-order chi connectivity index (χ1) is 12.0. The summed E-state index contributed by atoms with van der Waals surface area (Å²) in [5.74, 6) is 1.69. The molecule has 1 unspecified atom stereocenters. The van der Waals surface area contributed by atoms with Crippen molar-refractivity contribution >= 4 is 5.91 Å². The van der Waals surface area contributed by atoms with Gasteiger partial charge in [0.25, 0.3) is 0 Å². The van der Waals surface area contributed by atoms with Gasteiger partial charge in [-0.3, -0.25) is 14.6 Å². The van der Waals surface area contributed by atoms with Gasteiger partial charge in [0.15, 0.2) is 5.82 Å². The van der Waals surface area contributed by atoms with Crippen LogP contribution < -0.4 is 0 Å². The van der Waals surface area contributed by atoms with Crippen LogP contribution >= 0.6 is 0 Å². The summed E-state index contributed by atoms with van der Waals surface area (Å²) in [6, 6.07) is -0.0157.